The molecular weight excluding hydrogens is 183 g/mol. The Morgan fingerprint density at radius 1 is 1.20 bits per heavy atom. The second-order valence-corrected chi connectivity index (χ2v) is 2.70. The van der Waals surface area contributed by atoms with Gasteiger partial charge in [-0.2, -0.15) is 21.6 Å². The molecule has 0 fully saturated rings. The Bertz CT molecular complexity index is 202. The maximum absolute atomic E-state index is 11.3. The van der Waals surface area contributed by atoms with Crippen molar-refractivity contribution in [2.45, 2.75) is 11.7 Å². The monoisotopic (exact) mass is 184 g/mol. The molecule has 0 spiro atoms. The number of hydrogen-bond acceptors (Lipinski definition) is 2. The fourth-order valence-corrected chi connectivity index (χ4v) is 0.479. The molecule has 0 aromatic carbocycles. The zero-order chi connectivity index (χ0) is 8.58. The zero-order valence-electron chi connectivity index (χ0n) is 4.19. The van der Waals surface area contributed by atoms with Gasteiger partial charge in [-0.15, -0.1) is 3.89 Å². The van der Waals surface area contributed by atoms with Crippen molar-refractivity contribution < 1.29 is 29.9 Å². The van der Waals surface area contributed by atoms with Crippen molar-refractivity contribution in [3.05, 3.63) is 0 Å². The van der Waals surface area contributed by atoms with E-state index < -0.39 is 21.9 Å². The predicted molar refractivity (Wildman–Crippen MR) is 21.0 cm³/mol. The Kier molecular flexibility index (Phi) is 2.24. The molecule has 0 aliphatic rings. The Labute approximate surface area is 52.9 Å². The lowest BCUT2D eigenvalue weighted by molar-refractivity contribution is -0.157. The molecule has 0 N–H and O–H groups in total. The van der Waals surface area contributed by atoms with Crippen molar-refractivity contribution in [1.29, 1.82) is 0 Å². The van der Waals surface area contributed by atoms with Crippen LogP contribution in [0.3, 0.4) is 0 Å². The van der Waals surface area contributed by atoms with Gasteiger partial charge in [0.2, 0.25) is 0 Å². The van der Waals surface area contributed by atoms with Crippen molar-refractivity contribution in [3.63, 3.8) is 0 Å². The highest BCUT2D eigenvalue weighted by Crippen LogP contribution is 2.27. The lowest BCUT2D eigenvalue weighted by Crippen LogP contribution is -2.29. The first-order chi connectivity index (χ1) is 4.15. The van der Waals surface area contributed by atoms with Crippen molar-refractivity contribution in [2.75, 3.05) is 0 Å². The largest absolute Gasteiger partial charge is 0.437 e. The third-order valence-corrected chi connectivity index (χ3v) is 1.27. The fraction of sp³-hybridized carbons (Fsp3) is 1.00. The molecule has 62 valence electrons. The van der Waals surface area contributed by atoms with Gasteiger partial charge in [0.05, 0.1) is 0 Å². The van der Waals surface area contributed by atoms with Crippen LogP contribution < -0.4 is 0 Å². The summed E-state index contributed by atoms with van der Waals surface area (Å²) in [6, 6.07) is 0. The van der Waals surface area contributed by atoms with Gasteiger partial charge in [0.25, 0.3) is 0 Å². The smallest absolute Gasteiger partial charge is 0.217 e. The predicted octanol–water partition coefficient (Wildman–Crippen LogP) is 1.14. The van der Waals surface area contributed by atoms with Crippen LogP contribution in [0.1, 0.15) is 0 Å². The Hall–Kier alpha value is -0.400. The molecule has 0 heterocycles. The molecule has 0 saturated heterocycles. The topological polar surface area (TPSA) is 34.1 Å². The van der Waals surface area contributed by atoms with E-state index in [1.807, 2.05) is 0 Å². The molecule has 0 rings (SSSR count). The van der Waals surface area contributed by atoms with Crippen LogP contribution in [0.4, 0.5) is 21.4 Å². The molecule has 0 saturated carbocycles. The van der Waals surface area contributed by atoms with E-state index in [0.717, 1.165) is 0 Å². The van der Waals surface area contributed by atoms with E-state index in [9.17, 15) is 29.9 Å². The van der Waals surface area contributed by atoms with E-state index in [2.05, 4.69) is 0 Å². The molecule has 0 amide bonds. The summed E-state index contributed by atoms with van der Waals surface area (Å²) in [6.07, 6.45) is -5.69. The number of halogens is 5. The van der Waals surface area contributed by atoms with Crippen molar-refractivity contribution >= 4 is 10.2 Å². The quantitative estimate of drug-likeness (QED) is 0.452. The van der Waals surface area contributed by atoms with Gasteiger partial charge in [-0.25, -0.2) is 4.39 Å². The normalized spacial score (nSPS) is 16.9. The summed E-state index contributed by atoms with van der Waals surface area (Å²) in [5.41, 5.74) is -4.43. The second kappa shape index (κ2) is 2.33. The molecule has 2 nitrogen and oxygen atoms in total. The molecule has 0 radical (unpaired) electrons. The van der Waals surface area contributed by atoms with Gasteiger partial charge in [0.1, 0.15) is 0 Å². The minimum atomic E-state index is -6.15. The number of rotatable bonds is 1. The summed E-state index contributed by atoms with van der Waals surface area (Å²) in [4.78, 5) is 0. The van der Waals surface area contributed by atoms with Crippen LogP contribution in [0.25, 0.3) is 0 Å². The second-order valence-electron chi connectivity index (χ2n) is 1.33. The maximum atomic E-state index is 11.3. The molecule has 0 aromatic rings. The van der Waals surface area contributed by atoms with Gasteiger partial charge in [-0.1, -0.05) is 0 Å². The van der Waals surface area contributed by atoms with Crippen LogP contribution in [0, 0.1) is 0 Å². The summed E-state index contributed by atoms with van der Waals surface area (Å²) < 4.78 is 73.8. The molecule has 0 aliphatic carbocycles. The van der Waals surface area contributed by atoms with E-state index in [0.29, 0.717) is 0 Å². The molecule has 1 unspecified atom stereocenters. The van der Waals surface area contributed by atoms with Gasteiger partial charge in [-0.05, 0) is 0 Å². The summed E-state index contributed by atoms with van der Waals surface area (Å²) in [7, 11) is -6.15. The van der Waals surface area contributed by atoms with E-state index in [1.165, 1.54) is 0 Å². The van der Waals surface area contributed by atoms with Crippen molar-refractivity contribution in [1.82, 2.24) is 0 Å². The molecular formula is C2HF5O2S. The van der Waals surface area contributed by atoms with Crippen LogP contribution in [0.2, 0.25) is 0 Å². The highest BCUT2D eigenvalue weighted by atomic mass is 32.3. The van der Waals surface area contributed by atoms with E-state index >= 15 is 0 Å². The van der Waals surface area contributed by atoms with Crippen molar-refractivity contribution in [2.24, 2.45) is 0 Å². The van der Waals surface area contributed by atoms with Gasteiger partial charge in [0.15, 0.2) is 0 Å². The lowest BCUT2D eigenvalue weighted by atomic mass is 10.7. The minimum Gasteiger partial charge on any atom is -0.217 e. The SMILES string of the molecule is O=S(=O)(F)C(F)C(F)(F)F. The van der Waals surface area contributed by atoms with E-state index in [1.54, 1.807) is 0 Å². The zero-order valence-corrected chi connectivity index (χ0v) is 5.01. The first kappa shape index (κ1) is 9.60. The molecule has 0 aromatic heterocycles. The van der Waals surface area contributed by atoms with E-state index in [-0.39, 0.29) is 0 Å². The van der Waals surface area contributed by atoms with Crippen LogP contribution in [-0.4, -0.2) is 20.1 Å². The van der Waals surface area contributed by atoms with E-state index in [4.69, 9.17) is 0 Å². The number of alkyl halides is 4. The molecule has 8 heteroatoms. The van der Waals surface area contributed by atoms with Crippen LogP contribution >= 0.6 is 0 Å². The Morgan fingerprint density at radius 3 is 1.50 bits per heavy atom. The summed E-state index contributed by atoms with van der Waals surface area (Å²) in [5.74, 6) is 0. The van der Waals surface area contributed by atoms with Crippen LogP contribution in [0.5, 0.6) is 0 Å². The third-order valence-electron chi connectivity index (χ3n) is 0.505. The standard InChI is InChI=1S/C2HF5O2S/c3-1(2(4,5)6)10(7,8)9/h1H. The van der Waals surface area contributed by atoms with Gasteiger partial charge >= 0.3 is 21.9 Å². The molecule has 0 bridgehead atoms. The third kappa shape index (κ3) is 2.46. The summed E-state index contributed by atoms with van der Waals surface area (Å²) in [5, 5.41) is 0. The number of hydrogen-bond donors (Lipinski definition) is 0. The molecule has 10 heavy (non-hydrogen) atoms. The average molecular weight is 184 g/mol. The van der Waals surface area contributed by atoms with Gasteiger partial charge in [-0.3, -0.25) is 0 Å². The Morgan fingerprint density at radius 2 is 1.50 bits per heavy atom. The highest BCUT2D eigenvalue weighted by molar-refractivity contribution is 7.86. The molecule has 1 atom stereocenters. The fourth-order valence-electron chi connectivity index (χ4n) is 0.160. The highest BCUT2D eigenvalue weighted by Gasteiger charge is 2.50. The van der Waals surface area contributed by atoms with Gasteiger partial charge in [0, 0.05) is 0 Å². The van der Waals surface area contributed by atoms with Crippen molar-refractivity contribution in [3.8, 4) is 0 Å². The summed E-state index contributed by atoms with van der Waals surface area (Å²) in [6.45, 7) is 0. The lowest BCUT2D eigenvalue weighted by Gasteiger charge is -2.06. The molecule has 0 aliphatic heterocycles. The Balaban J connectivity index is 4.56. The maximum Gasteiger partial charge on any atom is 0.437 e. The minimum absolute atomic E-state index is 4.43. The first-order valence-electron chi connectivity index (χ1n) is 1.80. The van der Waals surface area contributed by atoms with Crippen LogP contribution in [-0.2, 0) is 10.2 Å². The average Bonchev–Trinajstić information content (AvgIpc) is 1.59. The van der Waals surface area contributed by atoms with Gasteiger partial charge < -0.3 is 0 Å². The summed E-state index contributed by atoms with van der Waals surface area (Å²) >= 11 is 0. The first-order valence-corrected chi connectivity index (χ1v) is 3.24. The van der Waals surface area contributed by atoms with Crippen LogP contribution in [0.15, 0.2) is 0 Å².